The topological polar surface area (TPSA) is 66.9 Å². The zero-order chi connectivity index (χ0) is 15.8. The Morgan fingerprint density at radius 2 is 1.91 bits per heavy atom. The number of hydrogen-bond acceptors (Lipinski definition) is 3. The first-order valence-corrected chi connectivity index (χ1v) is 9.34. The lowest BCUT2D eigenvalue weighted by Gasteiger charge is -2.25. The van der Waals surface area contributed by atoms with Gasteiger partial charge in [-0.3, -0.25) is 19.4 Å². The van der Waals surface area contributed by atoms with Gasteiger partial charge in [-0.2, -0.15) is 11.3 Å². The summed E-state index contributed by atoms with van der Waals surface area (Å²) in [5.74, 6) is 0.574. The molecule has 0 aromatic carbocycles. The van der Waals surface area contributed by atoms with Crippen LogP contribution in [0.25, 0.3) is 0 Å². The lowest BCUT2D eigenvalue weighted by molar-refractivity contribution is -0.116. The lowest BCUT2D eigenvalue weighted by atomic mass is 9.89. The van der Waals surface area contributed by atoms with Crippen molar-refractivity contribution >= 4 is 23.1 Å². The Hall–Kier alpha value is -1.82. The molecule has 1 atom stereocenters. The second-order valence-corrected chi connectivity index (χ2v) is 7.36. The fourth-order valence-corrected chi connectivity index (χ4v) is 4.65. The van der Waals surface area contributed by atoms with Gasteiger partial charge in [-0.05, 0) is 35.2 Å². The first-order chi connectivity index (χ1) is 11.2. The summed E-state index contributed by atoms with van der Waals surface area (Å²) in [6, 6.07) is 2.30. The third-order valence-electron chi connectivity index (χ3n) is 5.09. The monoisotopic (exact) mass is 331 g/mol. The van der Waals surface area contributed by atoms with Crippen molar-refractivity contribution < 1.29 is 4.79 Å². The van der Waals surface area contributed by atoms with E-state index in [1.165, 1.54) is 25.7 Å². The van der Waals surface area contributed by atoms with E-state index >= 15 is 0 Å². The number of nitrogens with one attached hydrogen (secondary N) is 2. The quantitative estimate of drug-likeness (QED) is 0.826. The summed E-state index contributed by atoms with van der Waals surface area (Å²) in [6.45, 7) is 0. The van der Waals surface area contributed by atoms with Crippen molar-refractivity contribution in [1.29, 1.82) is 0 Å². The molecule has 1 aliphatic carbocycles. The molecule has 1 unspecified atom stereocenters. The number of aromatic nitrogens is 2. The number of carbonyl (C=O) groups excluding carboxylic acids is 1. The number of nitrogens with zero attached hydrogens (tertiary/aromatic N) is 1. The van der Waals surface area contributed by atoms with Crippen molar-refractivity contribution in [2.45, 2.75) is 56.9 Å². The van der Waals surface area contributed by atoms with Gasteiger partial charge in [0.25, 0.3) is 5.56 Å². The maximum Gasteiger partial charge on any atom is 0.270 e. The summed E-state index contributed by atoms with van der Waals surface area (Å²) in [7, 11) is 0. The van der Waals surface area contributed by atoms with Crippen LogP contribution in [-0.2, 0) is 4.79 Å². The Balaban J connectivity index is 1.78. The molecule has 0 bridgehead atoms. The van der Waals surface area contributed by atoms with Gasteiger partial charge in [-0.25, -0.2) is 0 Å². The van der Waals surface area contributed by atoms with Gasteiger partial charge in [-0.15, -0.1) is 0 Å². The predicted molar refractivity (Wildman–Crippen MR) is 91.2 cm³/mol. The smallest absolute Gasteiger partial charge is 0.270 e. The molecule has 2 N–H and O–H groups in total. The van der Waals surface area contributed by atoms with Crippen LogP contribution in [0, 0.1) is 0 Å². The first-order valence-electron chi connectivity index (χ1n) is 8.40. The molecule has 23 heavy (non-hydrogen) atoms. The van der Waals surface area contributed by atoms with E-state index in [0.29, 0.717) is 12.2 Å². The van der Waals surface area contributed by atoms with Crippen LogP contribution in [-0.4, -0.2) is 15.7 Å². The SMILES string of the molecule is O=C1CC(c2ccsc2)c2c(n(C3CCCCCC3)[nH]c2=O)N1. The third-order valence-corrected chi connectivity index (χ3v) is 5.80. The molecule has 6 heteroatoms. The van der Waals surface area contributed by atoms with Gasteiger partial charge in [0.1, 0.15) is 5.82 Å². The van der Waals surface area contributed by atoms with E-state index in [2.05, 4.69) is 10.4 Å². The summed E-state index contributed by atoms with van der Waals surface area (Å²) in [5.41, 5.74) is 1.74. The number of carbonyl (C=O) groups is 1. The van der Waals surface area contributed by atoms with Crippen LogP contribution in [0.3, 0.4) is 0 Å². The van der Waals surface area contributed by atoms with Crippen molar-refractivity contribution in [2.24, 2.45) is 0 Å². The van der Waals surface area contributed by atoms with Crippen molar-refractivity contribution in [1.82, 2.24) is 9.78 Å². The molecule has 5 nitrogen and oxygen atoms in total. The highest BCUT2D eigenvalue weighted by molar-refractivity contribution is 7.08. The van der Waals surface area contributed by atoms with Crippen molar-refractivity contribution in [3.8, 4) is 0 Å². The number of rotatable bonds is 2. The summed E-state index contributed by atoms with van der Waals surface area (Å²) in [6.07, 6.45) is 7.36. The van der Waals surface area contributed by atoms with Gasteiger partial charge >= 0.3 is 0 Å². The fraction of sp³-hybridized carbons (Fsp3) is 0.529. The summed E-state index contributed by atoms with van der Waals surface area (Å²) in [5, 5.41) is 10.0. The van der Waals surface area contributed by atoms with E-state index in [1.807, 2.05) is 21.5 Å². The molecule has 2 aromatic rings. The number of anilines is 1. The van der Waals surface area contributed by atoms with E-state index in [0.717, 1.165) is 24.0 Å². The molecule has 1 fully saturated rings. The maximum atomic E-state index is 12.6. The molecule has 2 aliphatic rings. The zero-order valence-electron chi connectivity index (χ0n) is 13.0. The van der Waals surface area contributed by atoms with E-state index in [9.17, 15) is 9.59 Å². The molecule has 1 saturated carbocycles. The predicted octanol–water partition coefficient (Wildman–Crippen LogP) is 3.61. The van der Waals surface area contributed by atoms with Gasteiger partial charge in [0.2, 0.25) is 5.91 Å². The van der Waals surface area contributed by atoms with Crippen LogP contribution in [0.15, 0.2) is 21.6 Å². The van der Waals surface area contributed by atoms with Crippen LogP contribution in [0.1, 0.15) is 68.0 Å². The molecule has 2 aromatic heterocycles. The number of aromatic amines is 1. The molecular formula is C17H21N3O2S. The Labute approximate surface area is 138 Å². The Bertz CT molecular complexity index is 751. The minimum absolute atomic E-state index is 0.00456. The zero-order valence-corrected chi connectivity index (χ0v) is 13.8. The van der Waals surface area contributed by atoms with Crippen LogP contribution in [0.2, 0.25) is 0 Å². The van der Waals surface area contributed by atoms with Crippen LogP contribution >= 0.6 is 11.3 Å². The van der Waals surface area contributed by atoms with Gasteiger partial charge in [0.15, 0.2) is 0 Å². The molecule has 4 rings (SSSR count). The summed E-state index contributed by atoms with van der Waals surface area (Å²) in [4.78, 5) is 24.8. The fourth-order valence-electron chi connectivity index (χ4n) is 3.93. The molecule has 3 heterocycles. The third kappa shape index (κ3) is 2.65. The largest absolute Gasteiger partial charge is 0.311 e. The summed E-state index contributed by atoms with van der Waals surface area (Å²) < 4.78 is 1.94. The minimum Gasteiger partial charge on any atom is -0.311 e. The Kier molecular flexibility index (Phi) is 3.85. The highest BCUT2D eigenvalue weighted by Gasteiger charge is 2.34. The molecular weight excluding hydrogens is 310 g/mol. The Morgan fingerprint density at radius 3 is 2.61 bits per heavy atom. The average Bonchev–Trinajstić information content (AvgIpc) is 3.08. The number of hydrogen-bond donors (Lipinski definition) is 2. The molecule has 1 aliphatic heterocycles. The number of H-pyrrole nitrogens is 1. The average molecular weight is 331 g/mol. The molecule has 1 amide bonds. The highest BCUT2D eigenvalue weighted by Crippen LogP contribution is 2.38. The van der Waals surface area contributed by atoms with Crippen molar-refractivity contribution in [3.63, 3.8) is 0 Å². The van der Waals surface area contributed by atoms with E-state index < -0.39 is 0 Å². The van der Waals surface area contributed by atoms with Gasteiger partial charge in [-0.1, -0.05) is 25.7 Å². The van der Waals surface area contributed by atoms with E-state index in [-0.39, 0.29) is 23.4 Å². The van der Waals surface area contributed by atoms with Crippen LogP contribution < -0.4 is 10.9 Å². The molecule has 0 saturated heterocycles. The number of amides is 1. The normalized spacial score (nSPS) is 22.4. The van der Waals surface area contributed by atoms with E-state index in [4.69, 9.17) is 0 Å². The lowest BCUT2D eigenvalue weighted by Crippen LogP contribution is -2.27. The number of fused-ring (bicyclic) bond motifs is 1. The van der Waals surface area contributed by atoms with Crippen LogP contribution in [0.4, 0.5) is 5.82 Å². The highest BCUT2D eigenvalue weighted by atomic mass is 32.1. The second-order valence-electron chi connectivity index (χ2n) is 6.58. The molecule has 0 spiro atoms. The first kappa shape index (κ1) is 14.8. The standard InChI is InChI=1S/C17H21N3O2S/c21-14-9-13(11-7-8-23-10-11)15-16(18-14)20(19-17(15)22)12-5-3-1-2-4-6-12/h7-8,10,12-13H,1-6,9H2,(H,18,21)(H,19,22). The maximum absolute atomic E-state index is 12.6. The van der Waals surface area contributed by atoms with E-state index in [1.54, 1.807) is 11.3 Å². The van der Waals surface area contributed by atoms with Gasteiger partial charge < -0.3 is 5.32 Å². The van der Waals surface area contributed by atoms with Crippen LogP contribution in [0.5, 0.6) is 0 Å². The van der Waals surface area contributed by atoms with Crippen molar-refractivity contribution in [3.05, 3.63) is 38.3 Å². The molecule has 0 radical (unpaired) electrons. The molecule has 122 valence electrons. The van der Waals surface area contributed by atoms with Crippen molar-refractivity contribution in [2.75, 3.05) is 5.32 Å². The number of thiophene rings is 1. The summed E-state index contributed by atoms with van der Waals surface area (Å²) >= 11 is 1.60. The van der Waals surface area contributed by atoms with Gasteiger partial charge in [0.05, 0.1) is 11.6 Å². The van der Waals surface area contributed by atoms with Gasteiger partial charge in [0, 0.05) is 12.3 Å². The second kappa shape index (κ2) is 6.00. The Morgan fingerprint density at radius 1 is 1.13 bits per heavy atom. The minimum atomic E-state index is -0.124.